The van der Waals surface area contributed by atoms with Crippen molar-refractivity contribution in [3.05, 3.63) is 28.8 Å². The van der Waals surface area contributed by atoms with E-state index < -0.39 is 0 Å². The third-order valence-corrected chi connectivity index (χ3v) is 3.64. The first-order valence-corrected chi connectivity index (χ1v) is 7.48. The van der Waals surface area contributed by atoms with Crippen LogP contribution in [0.2, 0.25) is 5.02 Å². The van der Waals surface area contributed by atoms with E-state index in [2.05, 4.69) is 5.32 Å². The number of rotatable bonds is 5. The Labute approximate surface area is 125 Å². The van der Waals surface area contributed by atoms with Gasteiger partial charge < -0.3 is 15.0 Å². The maximum Gasteiger partial charge on any atom is 0.222 e. The summed E-state index contributed by atoms with van der Waals surface area (Å²) >= 11 is 6.02. The minimum Gasteiger partial charge on any atom is -0.494 e. The van der Waals surface area contributed by atoms with E-state index >= 15 is 0 Å². The fourth-order valence-electron chi connectivity index (χ4n) is 2.35. The number of nitrogens with one attached hydrogen (secondary N) is 1. The highest BCUT2D eigenvalue weighted by molar-refractivity contribution is 6.30. The molecule has 110 valence electrons. The summed E-state index contributed by atoms with van der Waals surface area (Å²) in [5, 5.41) is 3.92. The molecule has 1 aromatic rings. The van der Waals surface area contributed by atoms with Gasteiger partial charge >= 0.3 is 0 Å². The lowest BCUT2D eigenvalue weighted by molar-refractivity contribution is -0.131. The molecule has 5 heteroatoms. The number of hydrogen-bond donors (Lipinski definition) is 1. The van der Waals surface area contributed by atoms with E-state index in [0.717, 1.165) is 37.5 Å². The number of benzene rings is 1. The standard InChI is InChI=1S/C15H21ClN2O2/c1-2-20-14-5-4-13(16)11-12(14)3-6-15(19)18-9-7-17-8-10-18/h4-5,11,17H,2-3,6-10H2,1H3. The van der Waals surface area contributed by atoms with E-state index in [9.17, 15) is 4.79 Å². The van der Waals surface area contributed by atoms with E-state index in [0.29, 0.717) is 24.5 Å². The number of piperazine rings is 1. The van der Waals surface area contributed by atoms with Crippen molar-refractivity contribution in [2.75, 3.05) is 32.8 Å². The molecule has 0 unspecified atom stereocenters. The Kier molecular flexibility index (Phi) is 5.68. The number of halogens is 1. The molecule has 0 radical (unpaired) electrons. The summed E-state index contributed by atoms with van der Waals surface area (Å²) < 4.78 is 5.58. The molecule has 1 saturated heterocycles. The lowest BCUT2D eigenvalue weighted by Gasteiger charge is -2.27. The number of carbonyl (C=O) groups excluding carboxylic acids is 1. The zero-order chi connectivity index (χ0) is 14.4. The van der Waals surface area contributed by atoms with Crippen molar-refractivity contribution < 1.29 is 9.53 Å². The van der Waals surface area contributed by atoms with Crippen molar-refractivity contribution in [1.82, 2.24) is 10.2 Å². The summed E-state index contributed by atoms with van der Waals surface area (Å²) in [6, 6.07) is 5.57. The third kappa shape index (κ3) is 4.12. The summed E-state index contributed by atoms with van der Waals surface area (Å²) in [6.07, 6.45) is 1.17. The van der Waals surface area contributed by atoms with Crippen LogP contribution in [0, 0.1) is 0 Å². The fraction of sp³-hybridized carbons (Fsp3) is 0.533. The molecule has 1 N–H and O–H groups in total. The highest BCUT2D eigenvalue weighted by atomic mass is 35.5. The zero-order valence-electron chi connectivity index (χ0n) is 11.8. The molecule has 4 nitrogen and oxygen atoms in total. The van der Waals surface area contributed by atoms with Gasteiger partial charge in [-0.25, -0.2) is 0 Å². The van der Waals surface area contributed by atoms with Crippen LogP contribution in [0.1, 0.15) is 18.9 Å². The van der Waals surface area contributed by atoms with E-state index in [1.54, 1.807) is 0 Å². The predicted octanol–water partition coefficient (Wildman–Crippen LogP) is 2.10. The van der Waals surface area contributed by atoms with Crippen LogP contribution in [0.15, 0.2) is 18.2 Å². The molecule has 0 spiro atoms. The SMILES string of the molecule is CCOc1ccc(Cl)cc1CCC(=O)N1CCNCC1. The second kappa shape index (κ2) is 7.50. The van der Waals surface area contributed by atoms with Crippen LogP contribution in [0.25, 0.3) is 0 Å². The number of ether oxygens (including phenoxy) is 1. The molecular weight excluding hydrogens is 276 g/mol. The topological polar surface area (TPSA) is 41.6 Å². The summed E-state index contributed by atoms with van der Waals surface area (Å²) in [6.45, 7) is 5.92. The average Bonchev–Trinajstić information content (AvgIpc) is 2.48. The summed E-state index contributed by atoms with van der Waals surface area (Å²) in [4.78, 5) is 14.1. The largest absolute Gasteiger partial charge is 0.494 e. The second-order valence-electron chi connectivity index (χ2n) is 4.82. The second-order valence-corrected chi connectivity index (χ2v) is 5.25. The van der Waals surface area contributed by atoms with Crippen LogP contribution in [0.5, 0.6) is 5.75 Å². The van der Waals surface area contributed by atoms with Gasteiger partial charge in [0.05, 0.1) is 6.61 Å². The Morgan fingerprint density at radius 2 is 2.15 bits per heavy atom. The summed E-state index contributed by atoms with van der Waals surface area (Å²) in [5.41, 5.74) is 1.00. The maximum absolute atomic E-state index is 12.1. The zero-order valence-corrected chi connectivity index (χ0v) is 12.6. The van der Waals surface area contributed by atoms with Crippen LogP contribution in [0.4, 0.5) is 0 Å². The molecular formula is C15H21ClN2O2. The monoisotopic (exact) mass is 296 g/mol. The highest BCUT2D eigenvalue weighted by Crippen LogP contribution is 2.24. The normalized spacial score (nSPS) is 15.2. The lowest BCUT2D eigenvalue weighted by atomic mass is 10.1. The Hall–Kier alpha value is -1.26. The minimum absolute atomic E-state index is 0.203. The molecule has 0 atom stereocenters. The third-order valence-electron chi connectivity index (χ3n) is 3.40. The Morgan fingerprint density at radius 3 is 2.85 bits per heavy atom. The molecule has 1 heterocycles. The first-order valence-electron chi connectivity index (χ1n) is 7.10. The van der Waals surface area contributed by atoms with Gasteiger partial charge in [0.1, 0.15) is 5.75 Å². The van der Waals surface area contributed by atoms with Gasteiger partial charge in [-0.15, -0.1) is 0 Å². The van der Waals surface area contributed by atoms with Crippen LogP contribution in [-0.2, 0) is 11.2 Å². The fourth-order valence-corrected chi connectivity index (χ4v) is 2.55. The molecule has 0 bridgehead atoms. The lowest BCUT2D eigenvalue weighted by Crippen LogP contribution is -2.46. The molecule has 0 saturated carbocycles. The van der Waals surface area contributed by atoms with Gasteiger partial charge in [-0.1, -0.05) is 11.6 Å². The van der Waals surface area contributed by atoms with Gasteiger partial charge in [0, 0.05) is 37.6 Å². The van der Waals surface area contributed by atoms with Gasteiger partial charge in [0.25, 0.3) is 0 Å². The van der Waals surface area contributed by atoms with Crippen molar-refractivity contribution in [3.8, 4) is 5.75 Å². The smallest absolute Gasteiger partial charge is 0.222 e. The van der Waals surface area contributed by atoms with Crippen LogP contribution < -0.4 is 10.1 Å². The van der Waals surface area contributed by atoms with Gasteiger partial charge in [-0.05, 0) is 37.1 Å². The molecule has 0 aromatic heterocycles. The van der Waals surface area contributed by atoms with Crippen molar-refractivity contribution in [3.63, 3.8) is 0 Å². The molecule has 1 aliphatic rings. The van der Waals surface area contributed by atoms with E-state index in [1.165, 1.54) is 0 Å². The molecule has 1 aliphatic heterocycles. The first kappa shape index (κ1) is 15.1. The van der Waals surface area contributed by atoms with Crippen molar-refractivity contribution in [2.24, 2.45) is 0 Å². The molecule has 1 amide bonds. The molecule has 2 rings (SSSR count). The molecule has 1 fully saturated rings. The van der Waals surface area contributed by atoms with Gasteiger partial charge in [-0.3, -0.25) is 4.79 Å². The number of amides is 1. The minimum atomic E-state index is 0.203. The van der Waals surface area contributed by atoms with Gasteiger partial charge in [-0.2, -0.15) is 0 Å². The predicted molar refractivity (Wildman–Crippen MR) is 80.4 cm³/mol. The summed E-state index contributed by atoms with van der Waals surface area (Å²) in [7, 11) is 0. The van der Waals surface area contributed by atoms with Crippen molar-refractivity contribution in [1.29, 1.82) is 0 Å². The number of aryl methyl sites for hydroxylation is 1. The van der Waals surface area contributed by atoms with Crippen molar-refractivity contribution >= 4 is 17.5 Å². The highest BCUT2D eigenvalue weighted by Gasteiger charge is 2.16. The van der Waals surface area contributed by atoms with Gasteiger partial charge in [0.2, 0.25) is 5.91 Å². The number of carbonyl (C=O) groups is 1. The van der Waals surface area contributed by atoms with Crippen LogP contribution >= 0.6 is 11.6 Å². The quantitative estimate of drug-likeness (QED) is 0.905. The number of nitrogens with zero attached hydrogens (tertiary/aromatic N) is 1. The average molecular weight is 297 g/mol. The molecule has 0 aliphatic carbocycles. The molecule has 20 heavy (non-hydrogen) atoms. The van der Waals surface area contributed by atoms with Crippen LogP contribution in [0.3, 0.4) is 0 Å². The first-order chi connectivity index (χ1) is 9.70. The van der Waals surface area contributed by atoms with Gasteiger partial charge in [0.15, 0.2) is 0 Å². The van der Waals surface area contributed by atoms with Crippen LogP contribution in [-0.4, -0.2) is 43.6 Å². The van der Waals surface area contributed by atoms with Crippen molar-refractivity contribution in [2.45, 2.75) is 19.8 Å². The summed E-state index contributed by atoms with van der Waals surface area (Å²) in [5.74, 6) is 1.03. The Balaban J connectivity index is 1.95. The maximum atomic E-state index is 12.1. The van der Waals surface area contributed by atoms with E-state index in [1.807, 2.05) is 30.0 Å². The Bertz CT molecular complexity index is 459. The Morgan fingerprint density at radius 1 is 1.40 bits per heavy atom. The number of hydrogen-bond acceptors (Lipinski definition) is 3. The van der Waals surface area contributed by atoms with E-state index in [-0.39, 0.29) is 5.91 Å². The van der Waals surface area contributed by atoms with E-state index in [4.69, 9.17) is 16.3 Å². The molecule has 1 aromatic carbocycles.